The molecule has 168 valence electrons. The van der Waals surface area contributed by atoms with E-state index in [1.807, 2.05) is 25.1 Å². The molecule has 0 aliphatic carbocycles. The maximum absolute atomic E-state index is 13.3. The van der Waals surface area contributed by atoms with Crippen LogP contribution < -0.4 is 0 Å². The lowest BCUT2D eigenvalue weighted by Gasteiger charge is -2.36. The van der Waals surface area contributed by atoms with Crippen LogP contribution in [0, 0.1) is 0 Å². The van der Waals surface area contributed by atoms with Gasteiger partial charge >= 0.3 is 0 Å². The quantitative estimate of drug-likeness (QED) is 0.591. The first-order valence-corrected chi connectivity index (χ1v) is 12.7. The Morgan fingerprint density at radius 3 is 2.55 bits per heavy atom. The Labute approximate surface area is 190 Å². The number of likely N-dealkylation sites (tertiary alicyclic amines) is 2. The number of benzene rings is 1. The average Bonchev–Trinajstić information content (AvgIpc) is 3.21. The molecule has 1 aromatic carbocycles. The Hall–Kier alpha value is -1.86. The summed E-state index contributed by atoms with van der Waals surface area (Å²) in [5, 5.41) is 9.74. The van der Waals surface area contributed by atoms with E-state index in [1.54, 1.807) is 11.8 Å². The molecule has 1 aromatic heterocycles. The van der Waals surface area contributed by atoms with Crippen LogP contribution in [0.2, 0.25) is 0 Å². The number of hydrogen-bond donors (Lipinski definition) is 0. The number of amides is 1. The number of thioether (sulfide) groups is 1. The van der Waals surface area contributed by atoms with E-state index in [0.717, 1.165) is 62.1 Å². The highest BCUT2D eigenvalue weighted by Gasteiger charge is 2.30. The lowest BCUT2D eigenvalue weighted by molar-refractivity contribution is -0.134. The first kappa shape index (κ1) is 22.3. The van der Waals surface area contributed by atoms with Crippen LogP contribution in [0.4, 0.5) is 0 Å². The highest BCUT2D eigenvalue weighted by atomic mass is 32.2. The molecule has 1 amide bonds. The number of hydrogen-bond acceptors (Lipinski definition) is 5. The lowest BCUT2D eigenvalue weighted by atomic mass is 10.00. The third kappa shape index (κ3) is 5.32. The van der Waals surface area contributed by atoms with Crippen molar-refractivity contribution < 1.29 is 4.79 Å². The standard InChI is InChI=1S/C24H35N5OS/c1-3-20-12-8-11-17-28(20)23(30)19(2)31-24-26-25-22(18-27-15-9-5-10-16-27)29(24)21-13-6-4-7-14-21/h4,6-7,13-14,19-20H,3,5,8-12,15-18H2,1-2H3/t19-,20-/m1/s1. The van der Waals surface area contributed by atoms with Gasteiger partial charge in [0, 0.05) is 18.3 Å². The number of aromatic nitrogens is 3. The second-order valence-corrected chi connectivity index (χ2v) is 10.1. The molecule has 2 aliphatic rings. The first-order valence-electron chi connectivity index (χ1n) is 11.9. The van der Waals surface area contributed by atoms with Gasteiger partial charge in [-0.25, -0.2) is 0 Å². The molecule has 2 saturated heterocycles. The van der Waals surface area contributed by atoms with Crippen LogP contribution in [-0.2, 0) is 11.3 Å². The summed E-state index contributed by atoms with van der Waals surface area (Å²) in [6.45, 7) is 8.12. The second-order valence-electron chi connectivity index (χ2n) is 8.76. The predicted octanol–water partition coefficient (Wildman–Crippen LogP) is 4.52. The molecule has 0 saturated carbocycles. The van der Waals surface area contributed by atoms with E-state index in [-0.39, 0.29) is 11.2 Å². The fraction of sp³-hybridized carbons (Fsp3) is 0.625. The van der Waals surface area contributed by atoms with Crippen LogP contribution in [0.1, 0.15) is 64.6 Å². The third-order valence-electron chi connectivity index (χ3n) is 6.54. The summed E-state index contributed by atoms with van der Waals surface area (Å²) in [6, 6.07) is 10.7. The molecule has 6 nitrogen and oxygen atoms in total. The smallest absolute Gasteiger partial charge is 0.236 e. The van der Waals surface area contributed by atoms with Crippen molar-refractivity contribution in [2.75, 3.05) is 19.6 Å². The Bertz CT molecular complexity index is 849. The predicted molar refractivity (Wildman–Crippen MR) is 125 cm³/mol. The lowest BCUT2D eigenvalue weighted by Crippen LogP contribution is -2.46. The molecule has 2 aliphatic heterocycles. The highest BCUT2D eigenvalue weighted by Crippen LogP contribution is 2.29. The van der Waals surface area contributed by atoms with E-state index < -0.39 is 0 Å². The second kappa shape index (κ2) is 10.6. The normalized spacial score (nSPS) is 21.2. The monoisotopic (exact) mass is 441 g/mol. The zero-order chi connectivity index (χ0) is 21.6. The number of carbonyl (C=O) groups excluding carboxylic acids is 1. The van der Waals surface area contributed by atoms with Gasteiger partial charge < -0.3 is 4.90 Å². The third-order valence-corrected chi connectivity index (χ3v) is 7.57. The van der Waals surface area contributed by atoms with Crippen LogP contribution in [0.15, 0.2) is 35.5 Å². The molecule has 2 aromatic rings. The minimum atomic E-state index is -0.179. The minimum Gasteiger partial charge on any atom is -0.339 e. The number of rotatable bonds is 7. The topological polar surface area (TPSA) is 54.3 Å². The minimum absolute atomic E-state index is 0.179. The Morgan fingerprint density at radius 2 is 1.81 bits per heavy atom. The van der Waals surface area contributed by atoms with Crippen LogP contribution in [-0.4, -0.2) is 61.4 Å². The molecule has 0 N–H and O–H groups in total. The molecular formula is C24H35N5OS. The van der Waals surface area contributed by atoms with Gasteiger partial charge in [0.25, 0.3) is 0 Å². The molecule has 4 rings (SSSR count). The summed E-state index contributed by atoms with van der Waals surface area (Å²) in [5.74, 6) is 1.19. The Balaban J connectivity index is 1.55. The van der Waals surface area contributed by atoms with Gasteiger partial charge in [-0.1, -0.05) is 43.3 Å². The van der Waals surface area contributed by atoms with Crippen molar-refractivity contribution in [2.45, 2.75) is 81.8 Å². The van der Waals surface area contributed by atoms with Crippen molar-refractivity contribution in [3.8, 4) is 5.69 Å². The molecule has 0 spiro atoms. The van der Waals surface area contributed by atoms with Crippen LogP contribution >= 0.6 is 11.8 Å². The molecule has 0 bridgehead atoms. The van der Waals surface area contributed by atoms with E-state index in [2.05, 4.69) is 43.6 Å². The van der Waals surface area contributed by atoms with Crippen molar-refractivity contribution >= 4 is 17.7 Å². The molecule has 2 fully saturated rings. The van der Waals surface area contributed by atoms with Crippen LogP contribution in [0.25, 0.3) is 5.69 Å². The summed E-state index contributed by atoms with van der Waals surface area (Å²) in [7, 11) is 0. The first-order chi connectivity index (χ1) is 15.2. The summed E-state index contributed by atoms with van der Waals surface area (Å²) in [6.07, 6.45) is 8.31. The van der Waals surface area contributed by atoms with Gasteiger partial charge in [-0.2, -0.15) is 0 Å². The van der Waals surface area contributed by atoms with E-state index in [9.17, 15) is 4.79 Å². The van der Waals surface area contributed by atoms with Gasteiger partial charge in [0.2, 0.25) is 5.91 Å². The van der Waals surface area contributed by atoms with E-state index in [1.165, 1.54) is 25.7 Å². The zero-order valence-corrected chi connectivity index (χ0v) is 19.7. The van der Waals surface area contributed by atoms with Gasteiger partial charge in [0.1, 0.15) is 0 Å². The number of para-hydroxylation sites is 1. The van der Waals surface area contributed by atoms with E-state index in [4.69, 9.17) is 0 Å². The van der Waals surface area contributed by atoms with Crippen LogP contribution in [0.3, 0.4) is 0 Å². The summed E-state index contributed by atoms with van der Waals surface area (Å²) in [5.41, 5.74) is 1.06. The molecule has 31 heavy (non-hydrogen) atoms. The summed E-state index contributed by atoms with van der Waals surface area (Å²) in [4.78, 5) is 17.9. The maximum atomic E-state index is 13.3. The Morgan fingerprint density at radius 1 is 1.06 bits per heavy atom. The van der Waals surface area contributed by atoms with Crippen molar-refractivity contribution in [2.24, 2.45) is 0 Å². The summed E-state index contributed by atoms with van der Waals surface area (Å²) < 4.78 is 2.15. The van der Waals surface area contributed by atoms with Gasteiger partial charge in [-0.3, -0.25) is 14.3 Å². The average molecular weight is 442 g/mol. The SMILES string of the molecule is CC[C@@H]1CCCCN1C(=O)[C@@H](C)Sc1nnc(CN2CCCCC2)n1-c1ccccc1. The summed E-state index contributed by atoms with van der Waals surface area (Å²) >= 11 is 1.54. The van der Waals surface area contributed by atoms with Gasteiger partial charge in [0.05, 0.1) is 11.8 Å². The number of nitrogens with zero attached hydrogens (tertiary/aromatic N) is 5. The number of carbonyl (C=O) groups is 1. The van der Waals surface area contributed by atoms with Crippen molar-refractivity contribution in [3.63, 3.8) is 0 Å². The molecular weight excluding hydrogens is 406 g/mol. The van der Waals surface area contributed by atoms with Gasteiger partial charge in [0.15, 0.2) is 11.0 Å². The van der Waals surface area contributed by atoms with Crippen molar-refractivity contribution in [3.05, 3.63) is 36.2 Å². The van der Waals surface area contributed by atoms with Crippen molar-refractivity contribution in [1.29, 1.82) is 0 Å². The molecule has 0 radical (unpaired) electrons. The van der Waals surface area contributed by atoms with E-state index >= 15 is 0 Å². The van der Waals surface area contributed by atoms with Crippen LogP contribution in [0.5, 0.6) is 0 Å². The molecule has 0 unspecified atom stereocenters. The Kier molecular flexibility index (Phi) is 7.67. The van der Waals surface area contributed by atoms with Gasteiger partial charge in [-0.05, 0) is 70.7 Å². The fourth-order valence-electron chi connectivity index (χ4n) is 4.79. The highest BCUT2D eigenvalue weighted by molar-refractivity contribution is 8.00. The molecule has 7 heteroatoms. The fourth-order valence-corrected chi connectivity index (χ4v) is 5.75. The van der Waals surface area contributed by atoms with Gasteiger partial charge in [-0.15, -0.1) is 10.2 Å². The molecule has 3 heterocycles. The largest absolute Gasteiger partial charge is 0.339 e. The number of piperidine rings is 2. The zero-order valence-electron chi connectivity index (χ0n) is 18.9. The maximum Gasteiger partial charge on any atom is 0.236 e. The van der Waals surface area contributed by atoms with Crippen molar-refractivity contribution in [1.82, 2.24) is 24.6 Å². The molecule has 2 atom stereocenters. The van der Waals surface area contributed by atoms with E-state index in [0.29, 0.717) is 6.04 Å².